The minimum Gasteiger partial charge on any atom is -0.486 e. The van der Waals surface area contributed by atoms with Crippen molar-refractivity contribution in [2.24, 2.45) is 0 Å². The zero-order chi connectivity index (χ0) is 24.2. The summed E-state index contributed by atoms with van der Waals surface area (Å²) in [6.07, 6.45) is -3.77. The van der Waals surface area contributed by atoms with Gasteiger partial charge >= 0.3 is 12.5 Å². The maximum atomic E-state index is 12.7. The Morgan fingerprint density at radius 1 is 1.15 bits per heavy atom. The Labute approximate surface area is 195 Å². The first-order valence-corrected chi connectivity index (χ1v) is 11.0. The van der Waals surface area contributed by atoms with Crippen molar-refractivity contribution in [3.05, 3.63) is 59.7 Å². The van der Waals surface area contributed by atoms with Crippen molar-refractivity contribution in [2.75, 3.05) is 26.2 Å². The van der Waals surface area contributed by atoms with E-state index in [-0.39, 0.29) is 11.8 Å². The molecule has 1 amide bonds. The number of nitrogens with one attached hydrogen (secondary N) is 1. The highest BCUT2D eigenvalue weighted by atomic mass is 19.4. The predicted molar refractivity (Wildman–Crippen MR) is 115 cm³/mol. The molecular formula is C24H24F3N3O4. The lowest BCUT2D eigenvalue weighted by molar-refractivity contribution is -0.274. The topological polar surface area (TPSA) is 83.8 Å². The number of alkyl carbamates (subject to hydrolysis) is 1. The number of carbonyl (C=O) groups excluding carboxylic acids is 1. The van der Waals surface area contributed by atoms with Crippen LogP contribution < -0.4 is 14.8 Å². The van der Waals surface area contributed by atoms with Crippen LogP contribution in [0.4, 0.5) is 18.0 Å². The van der Waals surface area contributed by atoms with E-state index in [1.165, 1.54) is 18.2 Å². The van der Waals surface area contributed by atoms with Crippen molar-refractivity contribution < 1.29 is 32.2 Å². The summed E-state index contributed by atoms with van der Waals surface area (Å²) in [5.41, 5.74) is 0.581. The number of carbonyl (C=O) groups is 1. The number of ether oxygens (including phenoxy) is 3. The molecule has 0 radical (unpaired) electrons. The van der Waals surface area contributed by atoms with Gasteiger partial charge in [-0.2, -0.15) is 5.26 Å². The van der Waals surface area contributed by atoms with Gasteiger partial charge < -0.3 is 24.4 Å². The molecule has 2 aliphatic heterocycles. The highest BCUT2D eigenvalue weighted by Crippen LogP contribution is 2.32. The van der Waals surface area contributed by atoms with Gasteiger partial charge in [0.15, 0.2) is 0 Å². The Morgan fingerprint density at radius 3 is 2.50 bits per heavy atom. The predicted octanol–water partition coefficient (Wildman–Crippen LogP) is 4.54. The molecular weight excluding hydrogens is 451 g/mol. The van der Waals surface area contributed by atoms with E-state index >= 15 is 0 Å². The van der Waals surface area contributed by atoms with Crippen LogP contribution >= 0.6 is 0 Å². The van der Waals surface area contributed by atoms with Crippen LogP contribution in [0.25, 0.3) is 0 Å². The molecule has 0 unspecified atom stereocenters. The van der Waals surface area contributed by atoms with Gasteiger partial charge in [0.05, 0.1) is 18.2 Å². The number of benzene rings is 2. The standard InChI is InChI=1S/C24H24F3N3O4/c25-24(26,27)33-20-3-1-2-18(14-20)21(32-19-6-4-17(15-28)5-7-19)8-11-30-12-9-23(10-13-30)16-29-22(31)34-23/h1-7,14,21H,8-13,16H2,(H,29,31)/t21-/m0/s1. The summed E-state index contributed by atoms with van der Waals surface area (Å²) in [6, 6.07) is 14.4. The van der Waals surface area contributed by atoms with Gasteiger partial charge in [0.25, 0.3) is 0 Å². The van der Waals surface area contributed by atoms with Gasteiger partial charge in [-0.3, -0.25) is 0 Å². The molecule has 2 fully saturated rings. The van der Waals surface area contributed by atoms with Gasteiger partial charge in [-0.25, -0.2) is 4.79 Å². The highest BCUT2D eigenvalue weighted by molar-refractivity contribution is 5.70. The number of rotatable bonds is 7. The molecule has 7 nitrogen and oxygen atoms in total. The van der Waals surface area contributed by atoms with E-state index < -0.39 is 18.1 Å². The number of likely N-dealkylation sites (tertiary alicyclic amines) is 1. The summed E-state index contributed by atoms with van der Waals surface area (Å²) in [6.45, 7) is 2.62. The number of amides is 1. The summed E-state index contributed by atoms with van der Waals surface area (Å²) in [5.74, 6) is 0.196. The van der Waals surface area contributed by atoms with Crippen LogP contribution in [-0.2, 0) is 4.74 Å². The molecule has 2 saturated heterocycles. The lowest BCUT2D eigenvalue weighted by atomic mass is 9.91. The molecule has 0 saturated carbocycles. The third-order valence-corrected chi connectivity index (χ3v) is 6.06. The van der Waals surface area contributed by atoms with Crippen molar-refractivity contribution in [3.63, 3.8) is 0 Å². The zero-order valence-electron chi connectivity index (χ0n) is 18.3. The van der Waals surface area contributed by atoms with Crippen molar-refractivity contribution in [1.82, 2.24) is 10.2 Å². The first-order chi connectivity index (χ1) is 16.2. The van der Waals surface area contributed by atoms with Crippen LogP contribution in [0, 0.1) is 11.3 Å². The monoisotopic (exact) mass is 475 g/mol. The second-order valence-electron chi connectivity index (χ2n) is 8.42. The Balaban J connectivity index is 1.45. The number of hydrogen-bond donors (Lipinski definition) is 1. The fourth-order valence-corrected chi connectivity index (χ4v) is 4.24. The fraction of sp³-hybridized carbons (Fsp3) is 0.417. The largest absolute Gasteiger partial charge is 0.573 e. The van der Waals surface area contributed by atoms with Crippen LogP contribution in [0.1, 0.15) is 36.5 Å². The fourth-order valence-electron chi connectivity index (χ4n) is 4.24. The number of nitriles is 1. The lowest BCUT2D eigenvalue weighted by Gasteiger charge is -2.37. The van der Waals surface area contributed by atoms with Crippen molar-refractivity contribution in [2.45, 2.75) is 37.3 Å². The average Bonchev–Trinajstić information content (AvgIpc) is 3.17. The van der Waals surface area contributed by atoms with Crippen LogP contribution in [0.2, 0.25) is 0 Å². The quantitative estimate of drug-likeness (QED) is 0.633. The van der Waals surface area contributed by atoms with Gasteiger partial charge in [0, 0.05) is 38.9 Å². The van der Waals surface area contributed by atoms with E-state index in [0.717, 1.165) is 13.1 Å². The molecule has 1 N–H and O–H groups in total. The second kappa shape index (κ2) is 9.81. The molecule has 4 rings (SSSR count). The molecule has 34 heavy (non-hydrogen) atoms. The molecule has 2 aromatic rings. The molecule has 1 atom stereocenters. The third kappa shape index (κ3) is 6.11. The first kappa shape index (κ1) is 23.7. The molecule has 2 heterocycles. The third-order valence-electron chi connectivity index (χ3n) is 6.06. The van der Waals surface area contributed by atoms with E-state index in [0.29, 0.717) is 49.2 Å². The normalized spacial score (nSPS) is 18.6. The first-order valence-electron chi connectivity index (χ1n) is 11.0. The number of alkyl halides is 3. The van der Waals surface area contributed by atoms with E-state index in [1.807, 2.05) is 6.07 Å². The number of nitrogens with zero attached hydrogens (tertiary/aromatic N) is 2. The Kier molecular flexibility index (Phi) is 6.84. The van der Waals surface area contributed by atoms with Gasteiger partial charge in [-0.15, -0.1) is 13.2 Å². The van der Waals surface area contributed by atoms with Crippen molar-refractivity contribution in [3.8, 4) is 17.6 Å². The number of halogens is 3. The molecule has 2 aromatic carbocycles. The molecule has 10 heteroatoms. The smallest absolute Gasteiger partial charge is 0.486 e. The second-order valence-corrected chi connectivity index (χ2v) is 8.42. The van der Waals surface area contributed by atoms with Gasteiger partial charge in [-0.1, -0.05) is 12.1 Å². The van der Waals surface area contributed by atoms with Crippen molar-refractivity contribution in [1.29, 1.82) is 5.26 Å². The summed E-state index contributed by atoms with van der Waals surface area (Å²) in [7, 11) is 0. The summed E-state index contributed by atoms with van der Waals surface area (Å²) < 4.78 is 53.8. The minimum atomic E-state index is -4.79. The number of piperidine rings is 1. The molecule has 0 aliphatic carbocycles. The summed E-state index contributed by atoms with van der Waals surface area (Å²) in [5, 5.41) is 11.7. The molecule has 2 aliphatic rings. The van der Waals surface area contributed by atoms with Crippen molar-refractivity contribution >= 4 is 6.09 Å². The molecule has 1 spiro atoms. The minimum absolute atomic E-state index is 0.311. The molecule has 0 bridgehead atoms. The van der Waals surface area contributed by atoms with Crippen LogP contribution in [-0.4, -0.2) is 49.1 Å². The molecule has 0 aromatic heterocycles. The van der Waals surface area contributed by atoms with E-state index in [9.17, 15) is 18.0 Å². The summed E-state index contributed by atoms with van der Waals surface area (Å²) >= 11 is 0. The Hall–Kier alpha value is -3.45. The van der Waals surface area contributed by atoms with Crippen LogP contribution in [0.15, 0.2) is 48.5 Å². The average molecular weight is 475 g/mol. The maximum absolute atomic E-state index is 12.7. The van der Waals surface area contributed by atoms with Crippen LogP contribution in [0.5, 0.6) is 11.5 Å². The van der Waals surface area contributed by atoms with Gasteiger partial charge in [0.1, 0.15) is 23.2 Å². The summed E-state index contributed by atoms with van der Waals surface area (Å²) in [4.78, 5) is 13.7. The van der Waals surface area contributed by atoms with Crippen LogP contribution in [0.3, 0.4) is 0 Å². The van der Waals surface area contributed by atoms with Gasteiger partial charge in [-0.05, 0) is 42.0 Å². The SMILES string of the molecule is N#Cc1ccc(O[C@@H](CCN2CCC3(CC2)CNC(=O)O3)c2cccc(OC(F)(F)F)c2)cc1. The lowest BCUT2D eigenvalue weighted by Crippen LogP contribution is -2.47. The number of hydrogen-bond acceptors (Lipinski definition) is 6. The Bertz CT molecular complexity index is 1040. The van der Waals surface area contributed by atoms with E-state index in [4.69, 9.17) is 14.7 Å². The van der Waals surface area contributed by atoms with E-state index in [1.54, 1.807) is 30.3 Å². The molecule has 180 valence electrons. The van der Waals surface area contributed by atoms with Gasteiger partial charge in [0.2, 0.25) is 0 Å². The highest BCUT2D eigenvalue weighted by Gasteiger charge is 2.42. The zero-order valence-corrected chi connectivity index (χ0v) is 18.3. The van der Waals surface area contributed by atoms with E-state index in [2.05, 4.69) is 15.0 Å². The maximum Gasteiger partial charge on any atom is 0.573 e. The Morgan fingerprint density at radius 2 is 1.88 bits per heavy atom.